The molecule has 2 heteroatoms. The molecule has 0 amide bonds. The van der Waals surface area contributed by atoms with Crippen molar-refractivity contribution in [2.24, 2.45) is 0 Å². The average molecular weight is 307 g/mol. The van der Waals surface area contributed by atoms with Gasteiger partial charge in [0.1, 0.15) is 5.75 Å². The molecule has 0 fully saturated rings. The number of hydrogen-bond acceptors (Lipinski definition) is 2. The highest BCUT2D eigenvalue weighted by Crippen LogP contribution is 2.26. The molecule has 0 bridgehead atoms. The summed E-state index contributed by atoms with van der Waals surface area (Å²) in [4.78, 5) is 0. The van der Waals surface area contributed by atoms with Crippen molar-refractivity contribution in [2.75, 3.05) is 6.61 Å². The third-order valence-corrected chi connectivity index (χ3v) is 4.00. The molecule has 0 aliphatic rings. The van der Waals surface area contributed by atoms with Crippen molar-refractivity contribution >= 4 is 0 Å². The molecule has 2 nitrogen and oxygen atoms in total. The van der Waals surface area contributed by atoms with Crippen LogP contribution in [0.2, 0.25) is 0 Å². The van der Waals surface area contributed by atoms with Crippen LogP contribution in [0.3, 0.4) is 0 Å². The number of hydrogen-bond donors (Lipinski definition) is 0. The van der Waals surface area contributed by atoms with Gasteiger partial charge in [0.25, 0.3) is 0 Å². The number of benzene rings is 2. The van der Waals surface area contributed by atoms with Gasteiger partial charge in [-0.1, -0.05) is 57.2 Å². The highest BCUT2D eigenvalue weighted by Gasteiger charge is 2.15. The molecule has 0 saturated carbocycles. The topological polar surface area (TPSA) is 33.0 Å². The van der Waals surface area contributed by atoms with Crippen LogP contribution >= 0.6 is 0 Å². The predicted molar refractivity (Wildman–Crippen MR) is 94.8 cm³/mol. The van der Waals surface area contributed by atoms with E-state index in [2.05, 4.69) is 51.1 Å². The first kappa shape index (κ1) is 17.1. The first-order valence-corrected chi connectivity index (χ1v) is 8.09. The van der Waals surface area contributed by atoms with Crippen LogP contribution in [0.1, 0.15) is 49.8 Å². The van der Waals surface area contributed by atoms with E-state index in [1.807, 2.05) is 31.2 Å². The zero-order valence-electron chi connectivity index (χ0n) is 14.5. The van der Waals surface area contributed by atoms with Gasteiger partial charge in [0, 0.05) is 6.42 Å². The molecule has 2 aromatic rings. The number of nitriles is 1. The lowest BCUT2D eigenvalue weighted by Crippen LogP contribution is -2.11. The van der Waals surface area contributed by atoms with E-state index < -0.39 is 0 Å². The molecule has 23 heavy (non-hydrogen) atoms. The van der Waals surface area contributed by atoms with Gasteiger partial charge in [-0.05, 0) is 41.2 Å². The van der Waals surface area contributed by atoms with Crippen molar-refractivity contribution in [3.05, 3.63) is 65.2 Å². The van der Waals surface area contributed by atoms with Crippen molar-refractivity contribution < 1.29 is 4.74 Å². The highest BCUT2D eigenvalue weighted by molar-refractivity contribution is 5.32. The Balaban J connectivity index is 1.96. The van der Waals surface area contributed by atoms with Crippen LogP contribution in [-0.4, -0.2) is 6.61 Å². The van der Waals surface area contributed by atoms with Gasteiger partial charge in [-0.3, -0.25) is 0 Å². The summed E-state index contributed by atoms with van der Waals surface area (Å²) in [7, 11) is 0. The van der Waals surface area contributed by atoms with E-state index in [-0.39, 0.29) is 11.3 Å². The summed E-state index contributed by atoms with van der Waals surface area (Å²) in [6.45, 7) is 9.17. The smallest absolute Gasteiger partial charge is 0.119 e. The number of ether oxygens (including phenoxy) is 1. The molecule has 2 aromatic carbocycles. The molecule has 2 rings (SSSR count). The lowest BCUT2D eigenvalue weighted by Gasteiger charge is -2.20. The molecular formula is C21H25NO. The third-order valence-electron chi connectivity index (χ3n) is 4.00. The van der Waals surface area contributed by atoms with Gasteiger partial charge < -0.3 is 4.74 Å². The Labute approximate surface area is 139 Å². The largest absolute Gasteiger partial charge is 0.494 e. The summed E-state index contributed by atoms with van der Waals surface area (Å²) in [6, 6.07) is 18.8. The van der Waals surface area contributed by atoms with Crippen LogP contribution < -0.4 is 4.74 Å². The van der Waals surface area contributed by atoms with E-state index in [0.29, 0.717) is 13.0 Å². The molecular weight excluding hydrogens is 282 g/mol. The minimum Gasteiger partial charge on any atom is -0.494 e. The molecule has 0 spiro atoms. The van der Waals surface area contributed by atoms with Crippen molar-refractivity contribution in [3.8, 4) is 11.8 Å². The fraction of sp³-hybridized carbons (Fsp3) is 0.381. The summed E-state index contributed by atoms with van der Waals surface area (Å²) in [5.74, 6) is 0.735. The number of rotatable bonds is 5. The second kappa shape index (κ2) is 7.33. The molecule has 0 heterocycles. The Bertz CT molecular complexity index is 674. The lowest BCUT2D eigenvalue weighted by molar-refractivity contribution is 0.306. The maximum Gasteiger partial charge on any atom is 0.119 e. The van der Waals surface area contributed by atoms with Crippen LogP contribution in [-0.2, 0) is 5.41 Å². The predicted octanol–water partition coefficient (Wildman–Crippen LogP) is 5.37. The van der Waals surface area contributed by atoms with E-state index >= 15 is 0 Å². The minimum absolute atomic E-state index is 0.131. The van der Waals surface area contributed by atoms with Crippen molar-refractivity contribution in [2.45, 2.75) is 45.4 Å². The molecule has 0 saturated heterocycles. The fourth-order valence-corrected chi connectivity index (χ4v) is 2.52. The van der Waals surface area contributed by atoms with E-state index in [9.17, 15) is 5.26 Å². The fourth-order valence-electron chi connectivity index (χ4n) is 2.52. The van der Waals surface area contributed by atoms with Crippen molar-refractivity contribution in [1.29, 1.82) is 5.26 Å². The van der Waals surface area contributed by atoms with E-state index in [1.54, 1.807) is 0 Å². The summed E-state index contributed by atoms with van der Waals surface area (Å²) in [5.41, 5.74) is 3.66. The molecule has 1 atom stereocenters. The maximum absolute atomic E-state index is 9.44. The van der Waals surface area contributed by atoms with Crippen LogP contribution in [0.15, 0.2) is 48.5 Å². The van der Waals surface area contributed by atoms with Crippen molar-refractivity contribution in [3.63, 3.8) is 0 Å². The zero-order chi connectivity index (χ0) is 16.9. The first-order valence-electron chi connectivity index (χ1n) is 8.09. The van der Waals surface area contributed by atoms with E-state index in [4.69, 9.17) is 4.74 Å². The van der Waals surface area contributed by atoms with Crippen LogP contribution in [0.4, 0.5) is 0 Å². The second-order valence-electron chi connectivity index (χ2n) is 7.01. The van der Waals surface area contributed by atoms with E-state index in [1.165, 1.54) is 11.1 Å². The molecule has 0 N–H and O–H groups in total. The molecule has 0 aliphatic carbocycles. The minimum atomic E-state index is -0.131. The van der Waals surface area contributed by atoms with E-state index in [0.717, 1.165) is 11.3 Å². The monoisotopic (exact) mass is 307 g/mol. The Morgan fingerprint density at radius 1 is 1.09 bits per heavy atom. The van der Waals surface area contributed by atoms with Gasteiger partial charge >= 0.3 is 0 Å². The van der Waals surface area contributed by atoms with Gasteiger partial charge in [-0.15, -0.1) is 0 Å². The Morgan fingerprint density at radius 3 is 2.35 bits per heavy atom. The van der Waals surface area contributed by atoms with Gasteiger partial charge in [0.15, 0.2) is 0 Å². The number of nitrogens with zero attached hydrogens (tertiary/aromatic N) is 1. The molecule has 1 unspecified atom stereocenters. The SMILES string of the molecule is Cc1cccc(OCCC(C#N)c2ccc(C(C)(C)C)cc2)c1. The average Bonchev–Trinajstić information content (AvgIpc) is 2.51. The van der Waals surface area contributed by atoms with Crippen molar-refractivity contribution in [1.82, 2.24) is 0 Å². The Morgan fingerprint density at radius 2 is 1.78 bits per heavy atom. The first-order chi connectivity index (χ1) is 10.9. The zero-order valence-corrected chi connectivity index (χ0v) is 14.5. The van der Waals surface area contributed by atoms with Crippen LogP contribution in [0, 0.1) is 18.3 Å². The standard InChI is InChI=1S/C21H25NO/c1-16-6-5-7-20(14-16)23-13-12-18(15-22)17-8-10-19(11-9-17)21(2,3)4/h5-11,14,18H,12-13H2,1-4H3. The lowest BCUT2D eigenvalue weighted by atomic mass is 9.85. The van der Waals surface area contributed by atoms with Gasteiger partial charge in [-0.2, -0.15) is 5.26 Å². The van der Waals surface area contributed by atoms with Crippen LogP contribution in [0.25, 0.3) is 0 Å². The molecule has 0 aliphatic heterocycles. The summed E-state index contributed by atoms with van der Waals surface area (Å²) in [5, 5.41) is 9.44. The highest BCUT2D eigenvalue weighted by atomic mass is 16.5. The Hall–Kier alpha value is -2.27. The summed E-state index contributed by atoms with van der Waals surface area (Å²) < 4.78 is 5.77. The van der Waals surface area contributed by atoms with Gasteiger partial charge in [-0.25, -0.2) is 0 Å². The molecule has 0 radical (unpaired) electrons. The second-order valence-corrected chi connectivity index (χ2v) is 7.01. The molecule has 0 aromatic heterocycles. The van der Waals surface area contributed by atoms with Crippen LogP contribution in [0.5, 0.6) is 5.75 Å². The van der Waals surface area contributed by atoms with Gasteiger partial charge in [0.05, 0.1) is 18.6 Å². The maximum atomic E-state index is 9.44. The number of aryl methyl sites for hydroxylation is 1. The Kier molecular flexibility index (Phi) is 5.45. The summed E-state index contributed by atoms with van der Waals surface area (Å²) in [6.07, 6.45) is 0.694. The normalized spacial score (nSPS) is 12.5. The summed E-state index contributed by atoms with van der Waals surface area (Å²) >= 11 is 0. The third kappa shape index (κ3) is 4.86. The molecule has 120 valence electrons. The van der Waals surface area contributed by atoms with Gasteiger partial charge in [0.2, 0.25) is 0 Å². The quantitative estimate of drug-likeness (QED) is 0.744.